The predicted octanol–water partition coefficient (Wildman–Crippen LogP) is 0.889. The van der Waals surface area contributed by atoms with Gasteiger partial charge in [0.1, 0.15) is 32.3 Å². The van der Waals surface area contributed by atoms with Gasteiger partial charge in [0.25, 0.3) is 0 Å². The van der Waals surface area contributed by atoms with Crippen LogP contribution in [0.25, 0.3) is 15.7 Å². The number of hydrogen-bond donors (Lipinski definition) is 4. The summed E-state index contributed by atoms with van der Waals surface area (Å²) in [5.74, 6) is 1.91. The van der Waals surface area contributed by atoms with Gasteiger partial charge in [-0.3, -0.25) is 10.6 Å². The van der Waals surface area contributed by atoms with Crippen LogP contribution in [-0.4, -0.2) is 46.9 Å². The van der Waals surface area contributed by atoms with E-state index in [0.29, 0.717) is 31.2 Å². The number of fused-ring (bicyclic) bond motifs is 3. The van der Waals surface area contributed by atoms with Crippen LogP contribution in [0.1, 0.15) is 15.4 Å². The molecule has 2 aromatic heterocycles. The summed E-state index contributed by atoms with van der Waals surface area (Å²) in [6.45, 7) is 3.37. The highest BCUT2D eigenvalue weighted by atomic mass is 32.1. The SMILES string of the molecule is Cc1nn2c(s1)c(C(=O)O)c(=O)c1c(NN)c(F)c(N3CCNCC3)c(F)c12. The number of rotatable bonds is 3. The minimum atomic E-state index is -1.51. The number of benzene rings is 1. The smallest absolute Gasteiger partial charge is 0.342 e. The molecule has 1 fully saturated rings. The van der Waals surface area contributed by atoms with Gasteiger partial charge in [-0.15, -0.1) is 0 Å². The molecule has 4 rings (SSSR count). The number of hydrogen-bond acceptors (Lipinski definition) is 8. The fraction of sp³-hybridized carbons (Fsp3) is 0.312. The first-order valence-electron chi connectivity index (χ1n) is 8.39. The molecule has 5 N–H and O–H groups in total. The summed E-state index contributed by atoms with van der Waals surface area (Å²) in [4.78, 5) is 26.1. The summed E-state index contributed by atoms with van der Waals surface area (Å²) in [7, 11) is 0. The minimum Gasteiger partial charge on any atom is -0.477 e. The van der Waals surface area contributed by atoms with Crippen LogP contribution in [0.2, 0.25) is 0 Å². The Labute approximate surface area is 160 Å². The molecule has 12 heteroatoms. The van der Waals surface area contributed by atoms with Crippen LogP contribution < -0.4 is 26.9 Å². The topological polar surface area (TPSA) is 125 Å². The Kier molecular flexibility index (Phi) is 4.40. The molecular weight excluding hydrogens is 394 g/mol. The molecule has 3 heterocycles. The van der Waals surface area contributed by atoms with Crippen molar-refractivity contribution >= 4 is 44.4 Å². The number of pyridine rings is 1. The zero-order chi connectivity index (χ0) is 20.2. The quantitative estimate of drug-likeness (QED) is 0.371. The van der Waals surface area contributed by atoms with Crippen LogP contribution in [0.5, 0.6) is 0 Å². The molecular formula is C16H16F2N6O3S. The van der Waals surface area contributed by atoms with Crippen LogP contribution >= 0.6 is 11.3 Å². The summed E-state index contributed by atoms with van der Waals surface area (Å²) in [6.07, 6.45) is 0. The molecule has 0 radical (unpaired) electrons. The Bertz CT molecular complexity index is 1190. The monoisotopic (exact) mass is 410 g/mol. The van der Waals surface area contributed by atoms with E-state index in [2.05, 4.69) is 15.8 Å². The number of nitrogen functional groups attached to an aromatic ring is 1. The van der Waals surface area contributed by atoms with Crippen molar-refractivity contribution in [2.75, 3.05) is 36.5 Å². The van der Waals surface area contributed by atoms with Gasteiger partial charge in [-0.05, 0) is 6.92 Å². The molecule has 0 bridgehead atoms. The number of carbonyl (C=O) groups is 1. The second kappa shape index (κ2) is 6.65. The Morgan fingerprint density at radius 1 is 1.32 bits per heavy atom. The van der Waals surface area contributed by atoms with Crippen LogP contribution in [0, 0.1) is 18.6 Å². The van der Waals surface area contributed by atoms with Crippen molar-refractivity contribution in [3.63, 3.8) is 0 Å². The molecule has 28 heavy (non-hydrogen) atoms. The number of aryl methyl sites for hydroxylation is 1. The summed E-state index contributed by atoms with van der Waals surface area (Å²) >= 11 is 0.939. The predicted molar refractivity (Wildman–Crippen MR) is 101 cm³/mol. The van der Waals surface area contributed by atoms with Crippen LogP contribution in [-0.2, 0) is 0 Å². The number of aromatic nitrogens is 2. The zero-order valence-electron chi connectivity index (χ0n) is 14.7. The number of nitrogens with one attached hydrogen (secondary N) is 2. The van der Waals surface area contributed by atoms with Gasteiger partial charge in [0.2, 0.25) is 5.43 Å². The van der Waals surface area contributed by atoms with Gasteiger partial charge in [-0.25, -0.2) is 18.1 Å². The average Bonchev–Trinajstić information content (AvgIpc) is 3.03. The van der Waals surface area contributed by atoms with E-state index in [4.69, 9.17) is 5.84 Å². The van der Waals surface area contributed by atoms with E-state index in [-0.39, 0.29) is 16.0 Å². The first-order valence-corrected chi connectivity index (χ1v) is 9.21. The maximum Gasteiger partial charge on any atom is 0.342 e. The summed E-state index contributed by atoms with van der Waals surface area (Å²) in [6, 6.07) is 0. The number of nitrogens with zero attached hydrogens (tertiary/aromatic N) is 3. The van der Waals surface area contributed by atoms with Gasteiger partial charge < -0.3 is 20.7 Å². The molecule has 1 aliphatic rings. The summed E-state index contributed by atoms with van der Waals surface area (Å²) in [5.41, 5.74) is -0.622. The van der Waals surface area contributed by atoms with Crippen LogP contribution in [0.4, 0.5) is 20.2 Å². The van der Waals surface area contributed by atoms with Gasteiger partial charge in [-0.1, -0.05) is 11.3 Å². The van der Waals surface area contributed by atoms with Crippen molar-refractivity contribution in [1.29, 1.82) is 0 Å². The highest BCUT2D eigenvalue weighted by Crippen LogP contribution is 2.37. The third kappa shape index (κ3) is 2.52. The molecule has 148 valence electrons. The van der Waals surface area contributed by atoms with Crippen molar-refractivity contribution in [3.8, 4) is 0 Å². The van der Waals surface area contributed by atoms with Crippen molar-refractivity contribution in [1.82, 2.24) is 14.9 Å². The van der Waals surface area contributed by atoms with Gasteiger partial charge in [0.15, 0.2) is 11.6 Å². The molecule has 9 nitrogen and oxygen atoms in total. The number of carboxylic acid groups (broad SMARTS) is 1. The van der Waals surface area contributed by atoms with Crippen molar-refractivity contribution in [3.05, 3.63) is 32.4 Å². The van der Waals surface area contributed by atoms with E-state index < -0.39 is 39.7 Å². The fourth-order valence-electron chi connectivity index (χ4n) is 3.50. The lowest BCUT2D eigenvalue weighted by Crippen LogP contribution is -2.44. The Morgan fingerprint density at radius 2 is 2.00 bits per heavy atom. The molecule has 3 aromatic rings. The lowest BCUT2D eigenvalue weighted by Gasteiger charge is -2.31. The number of carboxylic acids is 1. The van der Waals surface area contributed by atoms with E-state index in [1.807, 2.05) is 0 Å². The fourth-order valence-corrected chi connectivity index (χ4v) is 4.40. The average molecular weight is 410 g/mol. The lowest BCUT2D eigenvalue weighted by atomic mass is 10.1. The highest BCUT2D eigenvalue weighted by molar-refractivity contribution is 7.17. The van der Waals surface area contributed by atoms with Crippen molar-refractivity contribution in [2.45, 2.75) is 6.92 Å². The summed E-state index contributed by atoms with van der Waals surface area (Å²) < 4.78 is 31.8. The molecule has 1 aromatic carbocycles. The molecule has 0 saturated carbocycles. The van der Waals surface area contributed by atoms with Gasteiger partial charge in [0.05, 0.1) is 5.39 Å². The number of hydrazine groups is 1. The van der Waals surface area contributed by atoms with E-state index in [9.17, 15) is 14.7 Å². The van der Waals surface area contributed by atoms with E-state index in [1.54, 1.807) is 6.92 Å². The first kappa shape index (κ1) is 18.5. The Balaban J connectivity index is 2.23. The lowest BCUT2D eigenvalue weighted by molar-refractivity contribution is 0.0697. The standard InChI is InChI=1S/C16H16F2N6O3S/c1-6-22-24-12-7(14(25)8(16(26)27)15(24)28-6)11(21-19)9(17)13(10(12)18)23-4-2-20-3-5-23/h20-21H,2-5,19H2,1H3,(H,26,27). The van der Waals surface area contributed by atoms with E-state index in [0.717, 1.165) is 15.9 Å². The normalized spacial score (nSPS) is 14.8. The van der Waals surface area contributed by atoms with Crippen LogP contribution in [0.15, 0.2) is 4.79 Å². The van der Waals surface area contributed by atoms with E-state index in [1.165, 1.54) is 4.90 Å². The maximum absolute atomic E-state index is 15.6. The molecule has 0 aliphatic carbocycles. The number of halogens is 2. The molecule has 0 spiro atoms. The molecule has 0 atom stereocenters. The zero-order valence-corrected chi connectivity index (χ0v) is 15.5. The number of nitrogens with two attached hydrogens (primary N) is 1. The first-order chi connectivity index (χ1) is 13.4. The largest absolute Gasteiger partial charge is 0.477 e. The van der Waals surface area contributed by atoms with E-state index >= 15 is 8.78 Å². The van der Waals surface area contributed by atoms with Crippen LogP contribution in [0.3, 0.4) is 0 Å². The maximum atomic E-state index is 15.6. The number of piperazine rings is 1. The van der Waals surface area contributed by atoms with Gasteiger partial charge in [-0.2, -0.15) is 5.10 Å². The number of aromatic carboxylic acids is 1. The highest BCUT2D eigenvalue weighted by Gasteiger charge is 2.31. The third-order valence-corrected chi connectivity index (χ3v) is 5.63. The Morgan fingerprint density at radius 3 is 2.61 bits per heavy atom. The van der Waals surface area contributed by atoms with Crippen molar-refractivity contribution in [2.24, 2.45) is 5.84 Å². The second-order valence-electron chi connectivity index (χ2n) is 6.30. The van der Waals surface area contributed by atoms with Gasteiger partial charge in [0, 0.05) is 26.2 Å². The molecule has 1 aliphatic heterocycles. The number of anilines is 2. The second-order valence-corrected chi connectivity index (χ2v) is 7.49. The summed E-state index contributed by atoms with van der Waals surface area (Å²) in [5, 5.41) is 16.7. The Hall–Kier alpha value is -2.83. The van der Waals surface area contributed by atoms with Crippen molar-refractivity contribution < 1.29 is 18.7 Å². The van der Waals surface area contributed by atoms with Gasteiger partial charge >= 0.3 is 5.97 Å². The minimum absolute atomic E-state index is 0.0257. The molecule has 1 saturated heterocycles. The molecule has 0 unspecified atom stereocenters. The molecule has 0 amide bonds. The third-order valence-electron chi connectivity index (χ3n) is 4.68.